The number of nitrogens with one attached hydrogen (secondary N) is 2. The van der Waals surface area contributed by atoms with Crippen molar-refractivity contribution in [3.63, 3.8) is 0 Å². The second-order valence-corrected chi connectivity index (χ2v) is 10.3. The Morgan fingerprint density at radius 3 is 2.65 bits per heavy atom. The topological polar surface area (TPSA) is 78.5 Å². The quantitative estimate of drug-likeness (QED) is 0.717. The van der Waals surface area contributed by atoms with E-state index in [4.69, 9.17) is 23.2 Å². The van der Waals surface area contributed by atoms with E-state index in [1.54, 1.807) is 6.07 Å². The monoisotopic (exact) mass is 463 g/mol. The summed E-state index contributed by atoms with van der Waals surface area (Å²) >= 11 is 12.5. The van der Waals surface area contributed by atoms with Gasteiger partial charge in [0.15, 0.2) is 0 Å². The normalized spacial score (nSPS) is 34.3. The number of hydrogen-bond donors (Lipinski definition) is 2. The van der Waals surface area contributed by atoms with Gasteiger partial charge in [0.1, 0.15) is 6.04 Å². The third kappa shape index (κ3) is 3.82. The fraction of sp³-hybridized carbons (Fsp3) is 0.609. The molecule has 3 amide bonds. The second kappa shape index (κ2) is 8.28. The highest BCUT2D eigenvalue weighted by atomic mass is 35.5. The molecule has 2 aliphatic heterocycles. The maximum absolute atomic E-state index is 13.8. The minimum atomic E-state index is -0.477. The molecule has 2 aliphatic carbocycles. The predicted octanol–water partition coefficient (Wildman–Crippen LogP) is 3.47. The largest absolute Gasteiger partial charge is 0.350 e. The maximum Gasteiger partial charge on any atom is 0.242 e. The van der Waals surface area contributed by atoms with E-state index in [1.807, 2.05) is 17.0 Å². The van der Waals surface area contributed by atoms with Crippen LogP contribution in [0.15, 0.2) is 18.2 Å². The van der Waals surface area contributed by atoms with Crippen LogP contribution in [0.4, 0.5) is 0 Å². The summed E-state index contributed by atoms with van der Waals surface area (Å²) in [6.45, 7) is 0.704. The molecule has 1 aromatic carbocycles. The molecule has 6 atom stereocenters. The van der Waals surface area contributed by atoms with Crippen molar-refractivity contribution in [1.82, 2.24) is 15.5 Å². The summed E-state index contributed by atoms with van der Waals surface area (Å²) in [4.78, 5) is 40.1. The number of halogens is 2. The molecule has 8 heteroatoms. The van der Waals surface area contributed by atoms with Crippen LogP contribution in [0.25, 0.3) is 0 Å². The number of carbonyl (C=O) groups excluding carboxylic acids is 3. The average molecular weight is 464 g/mol. The van der Waals surface area contributed by atoms with Crippen molar-refractivity contribution in [2.75, 3.05) is 6.54 Å². The number of carbonyl (C=O) groups is 3. The van der Waals surface area contributed by atoms with Gasteiger partial charge in [-0.2, -0.15) is 0 Å². The van der Waals surface area contributed by atoms with E-state index in [9.17, 15) is 14.4 Å². The van der Waals surface area contributed by atoms with Crippen LogP contribution in [0.2, 0.25) is 10.0 Å². The summed E-state index contributed by atoms with van der Waals surface area (Å²) in [6.07, 6.45) is 5.78. The summed E-state index contributed by atoms with van der Waals surface area (Å²) in [7, 11) is 0. The van der Waals surface area contributed by atoms with Crippen molar-refractivity contribution in [2.45, 2.75) is 63.1 Å². The number of fused-ring (bicyclic) bond motifs is 2. The first-order valence-electron chi connectivity index (χ1n) is 11.3. The van der Waals surface area contributed by atoms with Crippen LogP contribution in [0.5, 0.6) is 0 Å². The summed E-state index contributed by atoms with van der Waals surface area (Å²) in [5.41, 5.74) is 0.939. The van der Waals surface area contributed by atoms with Crippen molar-refractivity contribution in [3.8, 4) is 0 Å². The zero-order valence-electron chi connectivity index (χ0n) is 17.3. The van der Waals surface area contributed by atoms with E-state index >= 15 is 0 Å². The molecule has 6 nitrogen and oxygen atoms in total. The van der Waals surface area contributed by atoms with E-state index in [-0.39, 0.29) is 35.7 Å². The standard InChI is InChI=1S/C23H27Cl2N3O3/c24-14-5-6-15(16(25)11-14)18-2-1-9-28(18)23(31)20-12-3-4-13(10-12)21(20)27-22(30)17-7-8-19(29)26-17/h5-6,11-13,17-18,20-21H,1-4,7-10H2,(H,26,29)(H,27,30)/t12-,13+,17?,18?,20+,21-/m0/s1. The smallest absolute Gasteiger partial charge is 0.242 e. The summed E-state index contributed by atoms with van der Waals surface area (Å²) in [5, 5.41) is 7.07. The zero-order valence-corrected chi connectivity index (χ0v) is 18.8. The first-order chi connectivity index (χ1) is 14.9. The molecule has 166 valence electrons. The number of benzene rings is 1. The summed E-state index contributed by atoms with van der Waals surface area (Å²) in [5.74, 6) is 0.330. The third-order valence-corrected chi connectivity index (χ3v) is 8.24. The van der Waals surface area contributed by atoms with Crippen molar-refractivity contribution in [2.24, 2.45) is 17.8 Å². The lowest BCUT2D eigenvalue weighted by molar-refractivity contribution is -0.140. The average Bonchev–Trinajstić information content (AvgIpc) is 3.51. The van der Waals surface area contributed by atoms with E-state index in [2.05, 4.69) is 10.6 Å². The molecule has 0 spiro atoms. The highest BCUT2D eigenvalue weighted by molar-refractivity contribution is 6.35. The Labute approximate surface area is 192 Å². The number of amides is 3. The van der Waals surface area contributed by atoms with Gasteiger partial charge in [-0.15, -0.1) is 0 Å². The molecule has 4 aliphatic rings. The highest BCUT2D eigenvalue weighted by Crippen LogP contribution is 2.50. The Balaban J connectivity index is 1.35. The lowest BCUT2D eigenvalue weighted by Gasteiger charge is -2.36. The van der Waals surface area contributed by atoms with Gasteiger partial charge < -0.3 is 15.5 Å². The fourth-order valence-electron chi connectivity index (χ4n) is 6.25. The Morgan fingerprint density at radius 1 is 1.10 bits per heavy atom. The molecule has 2 unspecified atom stereocenters. The molecule has 2 saturated heterocycles. The zero-order chi connectivity index (χ0) is 21.7. The summed E-state index contributed by atoms with van der Waals surface area (Å²) < 4.78 is 0. The number of nitrogens with zero attached hydrogens (tertiary/aromatic N) is 1. The fourth-order valence-corrected chi connectivity index (χ4v) is 6.78. The maximum atomic E-state index is 13.8. The van der Waals surface area contributed by atoms with Gasteiger partial charge in [0.05, 0.1) is 12.0 Å². The van der Waals surface area contributed by atoms with Gasteiger partial charge >= 0.3 is 0 Å². The van der Waals surface area contributed by atoms with Crippen molar-refractivity contribution in [3.05, 3.63) is 33.8 Å². The van der Waals surface area contributed by atoms with Crippen LogP contribution < -0.4 is 10.6 Å². The van der Waals surface area contributed by atoms with E-state index in [0.29, 0.717) is 41.3 Å². The Kier molecular flexibility index (Phi) is 5.63. The SMILES string of the molecule is O=C1CCC(C(=O)N[C@H]2[C@@H]3CC[C@@H](C3)[C@H]2C(=O)N2CCCC2c2ccc(Cl)cc2Cl)N1. The summed E-state index contributed by atoms with van der Waals surface area (Å²) in [6, 6.07) is 4.79. The molecule has 1 aromatic rings. The highest BCUT2D eigenvalue weighted by Gasteiger charge is 2.53. The van der Waals surface area contributed by atoms with Crippen LogP contribution in [-0.2, 0) is 14.4 Å². The van der Waals surface area contributed by atoms with E-state index in [1.165, 1.54) is 0 Å². The molecule has 31 heavy (non-hydrogen) atoms. The molecule has 4 fully saturated rings. The number of hydrogen-bond acceptors (Lipinski definition) is 3. The van der Waals surface area contributed by atoms with Gasteiger partial charge in [-0.05, 0) is 68.1 Å². The Hall–Kier alpha value is -1.79. The van der Waals surface area contributed by atoms with Gasteiger partial charge in [-0.3, -0.25) is 14.4 Å². The van der Waals surface area contributed by atoms with Crippen LogP contribution in [-0.4, -0.2) is 41.2 Å². The van der Waals surface area contributed by atoms with Gasteiger partial charge in [0, 0.05) is 29.1 Å². The molecule has 0 radical (unpaired) electrons. The minimum Gasteiger partial charge on any atom is -0.350 e. The van der Waals surface area contributed by atoms with Gasteiger partial charge in [0.25, 0.3) is 0 Å². The van der Waals surface area contributed by atoms with Gasteiger partial charge in [0.2, 0.25) is 17.7 Å². The lowest BCUT2D eigenvalue weighted by atomic mass is 9.83. The lowest BCUT2D eigenvalue weighted by Crippen LogP contribution is -2.54. The molecule has 2 saturated carbocycles. The van der Waals surface area contributed by atoms with Crippen LogP contribution in [0, 0.1) is 17.8 Å². The first-order valence-corrected chi connectivity index (χ1v) is 12.0. The molecule has 2 bridgehead atoms. The van der Waals surface area contributed by atoms with E-state index < -0.39 is 6.04 Å². The van der Waals surface area contributed by atoms with E-state index in [0.717, 1.165) is 37.7 Å². The molecule has 0 aromatic heterocycles. The Morgan fingerprint density at radius 2 is 1.90 bits per heavy atom. The van der Waals surface area contributed by atoms with Crippen LogP contribution in [0.3, 0.4) is 0 Å². The Bertz CT molecular complexity index is 923. The third-order valence-electron chi connectivity index (χ3n) is 7.68. The van der Waals surface area contributed by atoms with Crippen molar-refractivity contribution < 1.29 is 14.4 Å². The molecule has 2 N–H and O–H groups in total. The molecular formula is C23H27Cl2N3O3. The minimum absolute atomic E-state index is 0.0538. The van der Waals surface area contributed by atoms with Crippen molar-refractivity contribution in [1.29, 1.82) is 0 Å². The predicted molar refractivity (Wildman–Crippen MR) is 118 cm³/mol. The van der Waals surface area contributed by atoms with Crippen LogP contribution in [0.1, 0.15) is 56.6 Å². The first kappa shape index (κ1) is 21.1. The number of rotatable bonds is 4. The second-order valence-electron chi connectivity index (χ2n) is 9.41. The molecular weight excluding hydrogens is 437 g/mol. The number of likely N-dealkylation sites (tertiary alicyclic amines) is 1. The van der Waals surface area contributed by atoms with Gasteiger partial charge in [-0.25, -0.2) is 0 Å². The molecule has 2 heterocycles. The van der Waals surface area contributed by atoms with Crippen LogP contribution >= 0.6 is 23.2 Å². The molecule has 5 rings (SSSR count). The van der Waals surface area contributed by atoms with Crippen molar-refractivity contribution >= 4 is 40.9 Å². The van der Waals surface area contributed by atoms with Gasteiger partial charge in [-0.1, -0.05) is 29.3 Å².